The van der Waals surface area contributed by atoms with Gasteiger partial charge in [0.05, 0.1) is 0 Å². The minimum Gasteiger partial charge on any atom is -0.481 e. The van der Waals surface area contributed by atoms with Gasteiger partial charge in [0, 0.05) is 12.6 Å². The van der Waals surface area contributed by atoms with Crippen molar-refractivity contribution in [3.63, 3.8) is 0 Å². The molecule has 2 unspecified atom stereocenters. The maximum absolute atomic E-state index is 11.9. The van der Waals surface area contributed by atoms with Gasteiger partial charge in [-0.15, -0.1) is 12.4 Å². The molecule has 5 heteroatoms. The molecule has 1 rings (SSSR count). The Bertz CT molecular complexity index is 455. The Morgan fingerprint density at radius 2 is 1.73 bits per heavy atom. The molecule has 0 spiro atoms. The Balaban J connectivity index is 0.00000441. The number of carbonyl (C=O) groups is 1. The predicted octanol–water partition coefficient (Wildman–Crippen LogP) is 2.90. The Kier molecular flexibility index (Phi) is 8.49. The van der Waals surface area contributed by atoms with Crippen molar-refractivity contribution < 1.29 is 9.53 Å². The van der Waals surface area contributed by atoms with E-state index in [9.17, 15) is 4.79 Å². The molecular formula is C17H29ClN2O2. The summed E-state index contributed by atoms with van der Waals surface area (Å²) in [5.41, 5.74) is 1.36. The van der Waals surface area contributed by atoms with Gasteiger partial charge in [0.2, 0.25) is 0 Å². The lowest BCUT2D eigenvalue weighted by Gasteiger charge is -2.20. The molecule has 0 fully saturated rings. The van der Waals surface area contributed by atoms with Gasteiger partial charge in [0.1, 0.15) is 5.75 Å². The first-order valence-electron chi connectivity index (χ1n) is 7.46. The second kappa shape index (κ2) is 9.01. The van der Waals surface area contributed by atoms with Gasteiger partial charge in [-0.1, -0.05) is 32.9 Å². The summed E-state index contributed by atoms with van der Waals surface area (Å²) in [5.74, 6) is 0.615. The third kappa shape index (κ3) is 6.67. The van der Waals surface area contributed by atoms with Crippen LogP contribution in [0.25, 0.3) is 0 Å². The zero-order chi connectivity index (χ0) is 16.0. The summed E-state index contributed by atoms with van der Waals surface area (Å²) >= 11 is 0. The molecule has 126 valence electrons. The van der Waals surface area contributed by atoms with Gasteiger partial charge in [0.15, 0.2) is 6.10 Å². The number of hydrogen-bond donors (Lipinski definition) is 2. The van der Waals surface area contributed by atoms with Gasteiger partial charge in [-0.3, -0.25) is 4.79 Å². The highest BCUT2D eigenvalue weighted by Crippen LogP contribution is 2.24. The zero-order valence-corrected chi connectivity index (χ0v) is 15.2. The molecule has 0 aliphatic heterocycles. The van der Waals surface area contributed by atoms with Gasteiger partial charge in [-0.2, -0.15) is 0 Å². The smallest absolute Gasteiger partial charge is 0.260 e. The maximum atomic E-state index is 11.9. The molecule has 0 radical (unpaired) electrons. The Morgan fingerprint density at radius 1 is 1.18 bits per heavy atom. The Labute approximate surface area is 140 Å². The molecule has 1 aromatic carbocycles. The van der Waals surface area contributed by atoms with E-state index < -0.39 is 6.10 Å². The molecule has 2 atom stereocenters. The topological polar surface area (TPSA) is 50.4 Å². The van der Waals surface area contributed by atoms with E-state index in [0.29, 0.717) is 12.3 Å². The minimum atomic E-state index is -0.505. The quantitative estimate of drug-likeness (QED) is 0.844. The Hall–Kier alpha value is -1.26. The normalized spacial score (nSPS) is 13.7. The number of carbonyl (C=O) groups excluding carboxylic acids is 1. The van der Waals surface area contributed by atoms with E-state index in [2.05, 4.69) is 31.4 Å². The highest BCUT2D eigenvalue weighted by Gasteiger charge is 2.16. The number of ether oxygens (including phenoxy) is 1. The molecular weight excluding hydrogens is 300 g/mol. The molecule has 1 amide bonds. The highest BCUT2D eigenvalue weighted by atomic mass is 35.5. The molecule has 0 heterocycles. The molecule has 0 saturated heterocycles. The average Bonchev–Trinajstić information content (AvgIpc) is 2.43. The number of benzene rings is 1. The van der Waals surface area contributed by atoms with Crippen LogP contribution in [0.5, 0.6) is 5.75 Å². The van der Waals surface area contributed by atoms with Crippen molar-refractivity contribution in [1.29, 1.82) is 0 Å². The van der Waals surface area contributed by atoms with Crippen LogP contribution in [0.1, 0.15) is 40.2 Å². The van der Waals surface area contributed by atoms with Crippen molar-refractivity contribution in [2.24, 2.45) is 0 Å². The second-order valence-electron chi connectivity index (χ2n) is 6.47. The molecule has 1 aromatic rings. The molecule has 0 aliphatic carbocycles. The van der Waals surface area contributed by atoms with Crippen LogP contribution in [-0.4, -0.2) is 31.6 Å². The number of amides is 1. The summed E-state index contributed by atoms with van der Waals surface area (Å²) in [6, 6.07) is 8.17. The van der Waals surface area contributed by atoms with Crippen LogP contribution in [0.2, 0.25) is 0 Å². The fourth-order valence-corrected chi connectivity index (χ4v) is 1.79. The van der Waals surface area contributed by atoms with Gasteiger partial charge < -0.3 is 15.4 Å². The van der Waals surface area contributed by atoms with Crippen LogP contribution in [0.15, 0.2) is 24.3 Å². The fourth-order valence-electron chi connectivity index (χ4n) is 1.79. The van der Waals surface area contributed by atoms with Crippen molar-refractivity contribution in [1.82, 2.24) is 10.6 Å². The van der Waals surface area contributed by atoms with E-state index in [1.54, 1.807) is 6.92 Å². The van der Waals surface area contributed by atoms with E-state index in [1.807, 2.05) is 38.2 Å². The molecule has 0 aromatic heterocycles. The lowest BCUT2D eigenvalue weighted by Crippen LogP contribution is -2.42. The van der Waals surface area contributed by atoms with Crippen molar-refractivity contribution in [3.05, 3.63) is 29.8 Å². The van der Waals surface area contributed by atoms with Gasteiger partial charge in [0.25, 0.3) is 5.91 Å². The molecule has 0 aliphatic rings. The number of halogens is 1. The van der Waals surface area contributed by atoms with Crippen molar-refractivity contribution in [2.75, 3.05) is 13.6 Å². The summed E-state index contributed by atoms with van der Waals surface area (Å²) in [4.78, 5) is 11.9. The summed E-state index contributed by atoms with van der Waals surface area (Å²) in [5, 5.41) is 5.94. The number of rotatable bonds is 6. The Morgan fingerprint density at radius 3 is 2.18 bits per heavy atom. The molecule has 22 heavy (non-hydrogen) atoms. The van der Waals surface area contributed by atoms with E-state index in [0.717, 1.165) is 0 Å². The van der Waals surface area contributed by atoms with Crippen LogP contribution < -0.4 is 15.4 Å². The van der Waals surface area contributed by atoms with E-state index in [-0.39, 0.29) is 29.8 Å². The van der Waals surface area contributed by atoms with Crippen LogP contribution in [0, 0.1) is 0 Å². The first kappa shape index (κ1) is 20.7. The lowest BCUT2D eigenvalue weighted by molar-refractivity contribution is -0.127. The van der Waals surface area contributed by atoms with E-state index in [4.69, 9.17) is 4.74 Å². The molecule has 0 saturated carbocycles. The SMILES string of the molecule is CNC(C)CNC(=O)C(C)Oc1ccc(C(C)(C)C)cc1.Cl. The summed E-state index contributed by atoms with van der Waals surface area (Å²) in [7, 11) is 1.87. The monoisotopic (exact) mass is 328 g/mol. The summed E-state index contributed by atoms with van der Waals surface area (Å²) < 4.78 is 5.68. The largest absolute Gasteiger partial charge is 0.481 e. The second-order valence-corrected chi connectivity index (χ2v) is 6.47. The van der Waals surface area contributed by atoms with Crippen LogP contribution in [0.3, 0.4) is 0 Å². The first-order valence-corrected chi connectivity index (χ1v) is 7.46. The van der Waals surface area contributed by atoms with Gasteiger partial charge in [-0.25, -0.2) is 0 Å². The van der Waals surface area contributed by atoms with E-state index >= 15 is 0 Å². The fraction of sp³-hybridized carbons (Fsp3) is 0.588. The third-order valence-corrected chi connectivity index (χ3v) is 3.48. The van der Waals surface area contributed by atoms with Gasteiger partial charge in [-0.05, 0) is 44.0 Å². The average molecular weight is 329 g/mol. The standard InChI is InChI=1S/C17H28N2O2.ClH/c1-12(18-6)11-19-16(20)13(2)21-15-9-7-14(8-10-15)17(3,4)5;/h7-10,12-13,18H,11H2,1-6H3,(H,19,20);1H. The summed E-state index contributed by atoms with van der Waals surface area (Å²) in [6.45, 7) is 10.9. The third-order valence-electron chi connectivity index (χ3n) is 3.48. The predicted molar refractivity (Wildman–Crippen MR) is 94.0 cm³/mol. The lowest BCUT2D eigenvalue weighted by atomic mass is 9.87. The van der Waals surface area contributed by atoms with Crippen LogP contribution in [-0.2, 0) is 10.2 Å². The zero-order valence-electron chi connectivity index (χ0n) is 14.4. The molecule has 2 N–H and O–H groups in total. The number of hydrogen-bond acceptors (Lipinski definition) is 3. The maximum Gasteiger partial charge on any atom is 0.260 e. The minimum absolute atomic E-state index is 0. The van der Waals surface area contributed by atoms with Crippen LogP contribution >= 0.6 is 12.4 Å². The molecule has 0 bridgehead atoms. The van der Waals surface area contributed by atoms with Crippen molar-refractivity contribution in [3.8, 4) is 5.75 Å². The molecule has 4 nitrogen and oxygen atoms in total. The van der Waals surface area contributed by atoms with Crippen molar-refractivity contribution in [2.45, 2.75) is 52.2 Å². The van der Waals surface area contributed by atoms with Crippen LogP contribution in [0.4, 0.5) is 0 Å². The van der Waals surface area contributed by atoms with E-state index in [1.165, 1.54) is 5.56 Å². The first-order chi connectivity index (χ1) is 9.74. The number of likely N-dealkylation sites (N-methyl/N-ethyl adjacent to an activating group) is 1. The summed E-state index contributed by atoms with van der Waals surface area (Å²) in [6.07, 6.45) is -0.505. The van der Waals surface area contributed by atoms with Gasteiger partial charge >= 0.3 is 0 Å². The highest BCUT2D eigenvalue weighted by molar-refractivity contribution is 5.85. The van der Waals surface area contributed by atoms with Crippen molar-refractivity contribution >= 4 is 18.3 Å². The number of nitrogens with one attached hydrogen (secondary N) is 2.